The topological polar surface area (TPSA) is 86.2 Å². The summed E-state index contributed by atoms with van der Waals surface area (Å²) in [6.45, 7) is 2.07. The number of aryl methyl sites for hydroxylation is 1. The van der Waals surface area contributed by atoms with Gasteiger partial charge in [0, 0.05) is 12.0 Å². The van der Waals surface area contributed by atoms with Gasteiger partial charge in [-0.25, -0.2) is 0 Å². The second kappa shape index (κ2) is 7.69. The molecule has 0 aliphatic carbocycles. The van der Waals surface area contributed by atoms with Crippen molar-refractivity contribution < 1.29 is 9.59 Å². The average Bonchev–Trinajstić information content (AvgIpc) is 2.42. The Balaban J connectivity index is 2.59. The highest BCUT2D eigenvalue weighted by Crippen LogP contribution is 2.11. The van der Waals surface area contributed by atoms with Crippen LogP contribution in [0.25, 0.3) is 0 Å². The van der Waals surface area contributed by atoms with Gasteiger partial charge in [0.1, 0.15) is 0 Å². The second-order valence-corrected chi connectivity index (χ2v) is 4.78. The highest BCUT2D eigenvalue weighted by Gasteiger charge is 2.14. The molecule has 0 spiro atoms. The first-order valence-electron chi connectivity index (χ1n) is 6.71. The van der Waals surface area contributed by atoms with Gasteiger partial charge in [0.05, 0.1) is 6.04 Å². The third kappa shape index (κ3) is 5.22. The maximum absolute atomic E-state index is 12.0. The Kier molecular flexibility index (Phi) is 6.22. The SMILES string of the molecule is CCCCC(N)C(=O)c1ccc(CCC(N)=O)cc1. The lowest BCUT2D eigenvalue weighted by Gasteiger charge is -2.10. The Morgan fingerprint density at radius 1 is 1.21 bits per heavy atom. The molecule has 0 bridgehead atoms. The number of hydrogen-bond donors (Lipinski definition) is 2. The van der Waals surface area contributed by atoms with E-state index in [2.05, 4.69) is 6.92 Å². The minimum atomic E-state index is -0.420. The van der Waals surface area contributed by atoms with E-state index in [4.69, 9.17) is 11.5 Å². The number of Topliss-reactive ketones (excluding diaryl/α,β-unsaturated/α-hetero) is 1. The molecule has 104 valence electrons. The lowest BCUT2D eigenvalue weighted by molar-refractivity contribution is -0.117. The molecule has 1 aromatic carbocycles. The third-order valence-corrected chi connectivity index (χ3v) is 3.10. The fraction of sp³-hybridized carbons (Fsp3) is 0.467. The smallest absolute Gasteiger partial charge is 0.217 e. The molecule has 1 rings (SSSR count). The number of nitrogens with two attached hydrogens (primary N) is 2. The van der Waals surface area contributed by atoms with E-state index in [1.807, 2.05) is 12.1 Å². The van der Waals surface area contributed by atoms with Gasteiger partial charge >= 0.3 is 0 Å². The number of benzene rings is 1. The van der Waals surface area contributed by atoms with Gasteiger partial charge in [0.25, 0.3) is 0 Å². The predicted octanol–water partition coefficient (Wildman–Crippen LogP) is 1.80. The van der Waals surface area contributed by atoms with E-state index in [0.29, 0.717) is 18.4 Å². The van der Waals surface area contributed by atoms with Crippen LogP contribution >= 0.6 is 0 Å². The maximum Gasteiger partial charge on any atom is 0.217 e. The summed E-state index contributed by atoms with van der Waals surface area (Å²) in [4.78, 5) is 22.7. The lowest BCUT2D eigenvalue weighted by atomic mass is 9.98. The van der Waals surface area contributed by atoms with Crippen LogP contribution in [0, 0.1) is 0 Å². The zero-order valence-electron chi connectivity index (χ0n) is 11.4. The minimum absolute atomic E-state index is 0.0186. The zero-order chi connectivity index (χ0) is 14.3. The van der Waals surface area contributed by atoms with Gasteiger partial charge in [-0.15, -0.1) is 0 Å². The van der Waals surface area contributed by atoms with Gasteiger partial charge < -0.3 is 11.5 Å². The van der Waals surface area contributed by atoms with Gasteiger partial charge in [0.15, 0.2) is 5.78 Å². The molecule has 0 aliphatic rings. The number of unbranched alkanes of at least 4 members (excludes halogenated alkanes) is 1. The highest BCUT2D eigenvalue weighted by atomic mass is 16.1. The lowest BCUT2D eigenvalue weighted by Crippen LogP contribution is -2.30. The van der Waals surface area contributed by atoms with Gasteiger partial charge in [-0.05, 0) is 18.4 Å². The Morgan fingerprint density at radius 3 is 2.37 bits per heavy atom. The first-order valence-corrected chi connectivity index (χ1v) is 6.71. The van der Waals surface area contributed by atoms with Gasteiger partial charge in [0.2, 0.25) is 5.91 Å². The number of rotatable bonds is 8. The molecule has 4 nitrogen and oxygen atoms in total. The van der Waals surface area contributed by atoms with Crippen LogP contribution in [0.3, 0.4) is 0 Å². The van der Waals surface area contributed by atoms with Gasteiger partial charge in [-0.1, -0.05) is 44.0 Å². The molecule has 4 heteroatoms. The molecule has 0 fully saturated rings. The van der Waals surface area contributed by atoms with Crippen molar-refractivity contribution in [3.8, 4) is 0 Å². The van der Waals surface area contributed by atoms with Crippen molar-refractivity contribution >= 4 is 11.7 Å². The summed E-state index contributed by atoms with van der Waals surface area (Å²) in [5.41, 5.74) is 12.6. The Labute approximate surface area is 114 Å². The molecule has 1 unspecified atom stereocenters. The molecule has 0 aromatic heterocycles. The summed E-state index contributed by atoms with van der Waals surface area (Å²) in [5.74, 6) is -0.336. The first-order chi connectivity index (χ1) is 9.04. The molecule has 4 N–H and O–H groups in total. The van der Waals surface area contributed by atoms with E-state index < -0.39 is 6.04 Å². The Morgan fingerprint density at radius 2 is 1.84 bits per heavy atom. The number of amides is 1. The normalized spacial score (nSPS) is 12.1. The first kappa shape index (κ1) is 15.4. The van der Waals surface area contributed by atoms with Gasteiger partial charge in [-0.2, -0.15) is 0 Å². The minimum Gasteiger partial charge on any atom is -0.370 e. The number of hydrogen-bond acceptors (Lipinski definition) is 3. The van der Waals surface area contributed by atoms with Crippen LogP contribution in [0.1, 0.15) is 48.5 Å². The highest BCUT2D eigenvalue weighted by molar-refractivity contribution is 5.99. The van der Waals surface area contributed by atoms with E-state index in [1.165, 1.54) is 0 Å². The molecular formula is C15H22N2O2. The molecule has 1 atom stereocenters. The van der Waals surface area contributed by atoms with Gasteiger partial charge in [-0.3, -0.25) is 9.59 Å². The van der Waals surface area contributed by atoms with E-state index in [-0.39, 0.29) is 11.7 Å². The zero-order valence-corrected chi connectivity index (χ0v) is 11.4. The van der Waals surface area contributed by atoms with Crippen LogP contribution in [0.2, 0.25) is 0 Å². The molecule has 0 saturated carbocycles. The molecule has 19 heavy (non-hydrogen) atoms. The molecule has 1 amide bonds. The van der Waals surface area contributed by atoms with Crippen molar-refractivity contribution in [2.24, 2.45) is 11.5 Å². The molecule has 0 heterocycles. The fourth-order valence-corrected chi connectivity index (χ4v) is 1.87. The van der Waals surface area contributed by atoms with Crippen molar-refractivity contribution in [1.29, 1.82) is 0 Å². The van der Waals surface area contributed by atoms with Crippen LogP contribution < -0.4 is 11.5 Å². The van der Waals surface area contributed by atoms with Crippen LogP contribution in [0.5, 0.6) is 0 Å². The monoisotopic (exact) mass is 262 g/mol. The van der Waals surface area contributed by atoms with Crippen molar-refractivity contribution in [3.63, 3.8) is 0 Å². The van der Waals surface area contributed by atoms with Crippen LogP contribution in [0.15, 0.2) is 24.3 Å². The van der Waals surface area contributed by atoms with E-state index in [1.54, 1.807) is 12.1 Å². The van der Waals surface area contributed by atoms with Crippen molar-refractivity contribution in [2.75, 3.05) is 0 Å². The Hall–Kier alpha value is -1.68. The summed E-state index contributed by atoms with van der Waals surface area (Å²) >= 11 is 0. The summed E-state index contributed by atoms with van der Waals surface area (Å²) in [6.07, 6.45) is 3.64. The molecule has 1 aromatic rings. The van der Waals surface area contributed by atoms with Crippen molar-refractivity contribution in [2.45, 2.75) is 45.1 Å². The predicted molar refractivity (Wildman–Crippen MR) is 75.8 cm³/mol. The van der Waals surface area contributed by atoms with E-state index in [0.717, 1.165) is 24.8 Å². The van der Waals surface area contributed by atoms with E-state index in [9.17, 15) is 9.59 Å². The summed E-state index contributed by atoms with van der Waals surface area (Å²) in [6, 6.07) is 6.82. The molecule has 0 radical (unpaired) electrons. The van der Waals surface area contributed by atoms with Crippen LogP contribution in [-0.4, -0.2) is 17.7 Å². The Bertz CT molecular complexity index is 426. The van der Waals surface area contributed by atoms with Crippen molar-refractivity contribution in [3.05, 3.63) is 35.4 Å². The third-order valence-electron chi connectivity index (χ3n) is 3.10. The molecule has 0 aliphatic heterocycles. The molecular weight excluding hydrogens is 240 g/mol. The summed E-state index contributed by atoms with van der Waals surface area (Å²) in [5, 5.41) is 0. The number of carbonyl (C=O) groups is 2. The van der Waals surface area contributed by atoms with Crippen molar-refractivity contribution in [1.82, 2.24) is 0 Å². The maximum atomic E-state index is 12.0. The summed E-state index contributed by atoms with van der Waals surface area (Å²) < 4.78 is 0. The van der Waals surface area contributed by atoms with E-state index >= 15 is 0 Å². The fourth-order valence-electron chi connectivity index (χ4n) is 1.87. The van der Waals surface area contributed by atoms with Crippen LogP contribution in [0.4, 0.5) is 0 Å². The number of carbonyl (C=O) groups excluding carboxylic acids is 2. The largest absolute Gasteiger partial charge is 0.370 e. The second-order valence-electron chi connectivity index (χ2n) is 4.78. The number of ketones is 1. The quantitative estimate of drug-likeness (QED) is 0.700. The van der Waals surface area contributed by atoms with Crippen LogP contribution in [-0.2, 0) is 11.2 Å². The molecule has 0 saturated heterocycles. The average molecular weight is 262 g/mol. The standard InChI is InChI=1S/C15H22N2O2/c1-2-3-4-13(16)15(19)12-8-5-11(6-9-12)7-10-14(17)18/h5-6,8-9,13H,2-4,7,10,16H2,1H3,(H2,17,18). The summed E-state index contributed by atoms with van der Waals surface area (Å²) in [7, 11) is 0. The number of primary amides is 1.